The number of halogens is 2. The molecule has 0 radical (unpaired) electrons. The van der Waals surface area contributed by atoms with Crippen LogP contribution in [0.3, 0.4) is 0 Å². The summed E-state index contributed by atoms with van der Waals surface area (Å²) >= 11 is 12.2. The third kappa shape index (κ3) is 3.88. The zero-order valence-corrected chi connectivity index (χ0v) is 17.8. The maximum Gasteiger partial charge on any atom is 0.246 e. The first-order valence-electron chi connectivity index (χ1n) is 9.15. The molecule has 0 atom stereocenters. The zero-order valence-electron chi connectivity index (χ0n) is 15.4. The van der Waals surface area contributed by atoms with Gasteiger partial charge in [-0.15, -0.1) is 0 Å². The number of nitrogens with one attached hydrogen (secondary N) is 1. The number of para-hydroxylation sites is 1. The average Bonchev–Trinajstić information content (AvgIpc) is 3.11. The van der Waals surface area contributed by atoms with Crippen molar-refractivity contribution in [1.29, 1.82) is 0 Å². The normalized spacial score (nSPS) is 15.7. The summed E-state index contributed by atoms with van der Waals surface area (Å²) in [5, 5.41) is 1.21. The molecule has 152 valence electrons. The van der Waals surface area contributed by atoms with E-state index in [1.54, 1.807) is 11.0 Å². The van der Waals surface area contributed by atoms with E-state index in [1.165, 1.54) is 16.4 Å². The predicted octanol–water partition coefficient (Wildman–Crippen LogP) is 3.55. The molecule has 4 rings (SSSR count). The number of aromatic nitrogens is 1. The number of nitrogens with zero attached hydrogens (tertiary/aromatic N) is 2. The van der Waals surface area contributed by atoms with Gasteiger partial charge in [0.15, 0.2) is 0 Å². The minimum absolute atomic E-state index is 0.0254. The van der Waals surface area contributed by atoms with Crippen LogP contribution in [-0.2, 0) is 21.2 Å². The van der Waals surface area contributed by atoms with E-state index in [4.69, 9.17) is 23.2 Å². The van der Waals surface area contributed by atoms with E-state index in [1.807, 2.05) is 30.5 Å². The van der Waals surface area contributed by atoms with Crippen LogP contribution in [-0.4, -0.2) is 54.7 Å². The van der Waals surface area contributed by atoms with Crippen LogP contribution in [0.15, 0.2) is 53.6 Å². The molecule has 1 amide bonds. The van der Waals surface area contributed by atoms with Crippen LogP contribution in [0, 0.1) is 0 Å². The molecule has 2 heterocycles. The van der Waals surface area contributed by atoms with Crippen molar-refractivity contribution in [2.45, 2.75) is 11.3 Å². The van der Waals surface area contributed by atoms with Gasteiger partial charge in [0.05, 0.1) is 16.5 Å². The molecule has 0 bridgehead atoms. The summed E-state index contributed by atoms with van der Waals surface area (Å²) in [4.78, 5) is 17.5. The van der Waals surface area contributed by atoms with Crippen molar-refractivity contribution >= 4 is 50.0 Å². The topological polar surface area (TPSA) is 73.5 Å². The van der Waals surface area contributed by atoms with Crippen LogP contribution in [0.4, 0.5) is 0 Å². The molecule has 29 heavy (non-hydrogen) atoms. The second kappa shape index (κ2) is 7.99. The number of fused-ring (bicyclic) bond motifs is 1. The third-order valence-electron chi connectivity index (χ3n) is 5.12. The number of amides is 1. The Morgan fingerprint density at radius 3 is 2.31 bits per heavy atom. The molecular weight excluding hydrogens is 433 g/mol. The number of piperazine rings is 1. The van der Waals surface area contributed by atoms with E-state index in [0.29, 0.717) is 13.1 Å². The molecule has 2 aromatic carbocycles. The number of carbonyl (C=O) groups is 1. The highest BCUT2D eigenvalue weighted by molar-refractivity contribution is 7.89. The van der Waals surface area contributed by atoms with Crippen molar-refractivity contribution in [3.05, 3.63) is 64.3 Å². The van der Waals surface area contributed by atoms with Gasteiger partial charge in [-0.3, -0.25) is 4.79 Å². The van der Waals surface area contributed by atoms with Crippen molar-refractivity contribution in [2.24, 2.45) is 0 Å². The van der Waals surface area contributed by atoms with E-state index in [0.717, 1.165) is 16.5 Å². The van der Waals surface area contributed by atoms with E-state index in [2.05, 4.69) is 4.98 Å². The average molecular weight is 452 g/mol. The smallest absolute Gasteiger partial charge is 0.246 e. The molecule has 0 aliphatic carbocycles. The largest absolute Gasteiger partial charge is 0.361 e. The van der Waals surface area contributed by atoms with Gasteiger partial charge in [-0.05, 0) is 23.8 Å². The van der Waals surface area contributed by atoms with Gasteiger partial charge in [0.2, 0.25) is 15.9 Å². The van der Waals surface area contributed by atoms with Crippen LogP contribution in [0.1, 0.15) is 5.56 Å². The lowest BCUT2D eigenvalue weighted by molar-refractivity contribution is -0.131. The summed E-state index contributed by atoms with van der Waals surface area (Å²) < 4.78 is 27.2. The monoisotopic (exact) mass is 451 g/mol. The lowest BCUT2D eigenvalue weighted by Crippen LogP contribution is -2.50. The Bertz CT molecular complexity index is 1150. The second-order valence-corrected chi connectivity index (χ2v) is 9.56. The molecule has 1 aliphatic rings. The fraction of sp³-hybridized carbons (Fsp3) is 0.250. The SMILES string of the molecule is O=C(Cc1c[nH]c2ccccc12)N1CCN(S(=O)(=O)c2c(Cl)cccc2Cl)CC1. The number of rotatable bonds is 4. The van der Waals surface area contributed by atoms with Crippen molar-refractivity contribution in [1.82, 2.24) is 14.2 Å². The van der Waals surface area contributed by atoms with Gasteiger partial charge < -0.3 is 9.88 Å². The van der Waals surface area contributed by atoms with Crippen LogP contribution in [0.5, 0.6) is 0 Å². The molecule has 1 aliphatic heterocycles. The maximum absolute atomic E-state index is 13.0. The second-order valence-electron chi connectivity index (χ2n) is 6.87. The van der Waals surface area contributed by atoms with Crippen molar-refractivity contribution in [3.63, 3.8) is 0 Å². The number of benzene rings is 2. The highest BCUT2D eigenvalue weighted by Gasteiger charge is 2.33. The van der Waals surface area contributed by atoms with Crippen molar-refractivity contribution in [3.8, 4) is 0 Å². The molecule has 9 heteroatoms. The maximum atomic E-state index is 13.0. The molecule has 1 fully saturated rings. The Balaban J connectivity index is 1.44. The van der Waals surface area contributed by atoms with Crippen LogP contribution in [0.2, 0.25) is 10.0 Å². The fourth-order valence-electron chi connectivity index (χ4n) is 3.59. The molecule has 0 unspecified atom stereocenters. The Morgan fingerprint density at radius 1 is 0.966 bits per heavy atom. The van der Waals surface area contributed by atoms with E-state index < -0.39 is 10.0 Å². The highest BCUT2D eigenvalue weighted by Crippen LogP contribution is 2.32. The standard InChI is InChI=1S/C20H19Cl2N3O3S/c21-16-5-3-6-17(22)20(16)29(27,28)25-10-8-24(9-11-25)19(26)12-14-13-23-18-7-2-1-4-15(14)18/h1-7,13,23H,8-12H2. The quantitative estimate of drug-likeness (QED) is 0.658. The van der Waals surface area contributed by atoms with Crippen LogP contribution < -0.4 is 0 Å². The summed E-state index contributed by atoms with van der Waals surface area (Å²) in [7, 11) is -3.82. The number of H-pyrrole nitrogens is 1. The van der Waals surface area contributed by atoms with Gasteiger partial charge in [-0.2, -0.15) is 4.31 Å². The Morgan fingerprint density at radius 2 is 1.62 bits per heavy atom. The summed E-state index contributed by atoms with van der Waals surface area (Å²) in [5.74, 6) is -0.0254. The molecule has 1 saturated heterocycles. The van der Waals surface area contributed by atoms with Gasteiger partial charge in [0, 0.05) is 43.3 Å². The van der Waals surface area contributed by atoms with Crippen molar-refractivity contribution in [2.75, 3.05) is 26.2 Å². The lowest BCUT2D eigenvalue weighted by Gasteiger charge is -2.34. The van der Waals surface area contributed by atoms with Gasteiger partial charge in [-0.25, -0.2) is 8.42 Å². The van der Waals surface area contributed by atoms with E-state index >= 15 is 0 Å². The van der Waals surface area contributed by atoms with Gasteiger partial charge in [-0.1, -0.05) is 47.5 Å². The molecule has 0 spiro atoms. The van der Waals surface area contributed by atoms with Gasteiger partial charge in [0.1, 0.15) is 4.90 Å². The Hall–Kier alpha value is -2.06. The predicted molar refractivity (Wildman–Crippen MR) is 114 cm³/mol. The Kier molecular flexibility index (Phi) is 5.57. The fourth-order valence-corrected chi connectivity index (χ4v) is 6.10. The minimum atomic E-state index is -3.82. The molecular formula is C20H19Cl2N3O3S. The minimum Gasteiger partial charge on any atom is -0.361 e. The van der Waals surface area contributed by atoms with Gasteiger partial charge >= 0.3 is 0 Å². The summed E-state index contributed by atoms with van der Waals surface area (Å²) in [5.41, 5.74) is 1.92. The summed E-state index contributed by atoms with van der Waals surface area (Å²) in [6, 6.07) is 12.4. The first kappa shape index (κ1) is 20.2. The molecule has 0 saturated carbocycles. The van der Waals surface area contributed by atoms with Crippen LogP contribution >= 0.6 is 23.2 Å². The number of carbonyl (C=O) groups excluding carboxylic acids is 1. The summed E-state index contributed by atoms with van der Waals surface area (Å²) in [6.45, 7) is 1.04. The first-order valence-corrected chi connectivity index (χ1v) is 11.3. The molecule has 3 aromatic rings. The molecule has 6 nitrogen and oxygen atoms in total. The van der Waals surface area contributed by atoms with Crippen molar-refractivity contribution < 1.29 is 13.2 Å². The Labute approximate surface area is 179 Å². The zero-order chi connectivity index (χ0) is 20.6. The third-order valence-corrected chi connectivity index (χ3v) is 7.98. The number of hydrogen-bond donors (Lipinski definition) is 1. The summed E-state index contributed by atoms with van der Waals surface area (Å²) in [6.07, 6.45) is 2.12. The highest BCUT2D eigenvalue weighted by atomic mass is 35.5. The molecule has 1 aromatic heterocycles. The number of aromatic amines is 1. The molecule has 1 N–H and O–H groups in total. The first-order chi connectivity index (χ1) is 13.9. The van der Waals surface area contributed by atoms with Gasteiger partial charge in [0.25, 0.3) is 0 Å². The number of hydrogen-bond acceptors (Lipinski definition) is 3. The van der Waals surface area contributed by atoms with Crippen LogP contribution in [0.25, 0.3) is 10.9 Å². The lowest BCUT2D eigenvalue weighted by atomic mass is 10.1. The number of sulfonamides is 1. The van der Waals surface area contributed by atoms with E-state index in [9.17, 15) is 13.2 Å². The van der Waals surface area contributed by atoms with E-state index in [-0.39, 0.29) is 40.4 Å².